The van der Waals surface area contributed by atoms with E-state index >= 15 is 0 Å². The molecule has 21 heavy (non-hydrogen) atoms. The standard InChI is InChI=1S/C16H24N2O3/c1-10(2)8-12(4)18(5)16(21)17-14-9-13(15(19)20)7-6-11(14)3/h6-7,9-10,12H,8H2,1-5H3,(H,17,21)(H,19,20). The summed E-state index contributed by atoms with van der Waals surface area (Å²) < 4.78 is 0. The number of hydrogen-bond donors (Lipinski definition) is 2. The maximum atomic E-state index is 12.2. The van der Waals surface area contributed by atoms with E-state index in [-0.39, 0.29) is 17.6 Å². The summed E-state index contributed by atoms with van der Waals surface area (Å²) in [7, 11) is 1.75. The van der Waals surface area contributed by atoms with E-state index in [4.69, 9.17) is 5.11 Å². The van der Waals surface area contributed by atoms with Crippen LogP contribution in [-0.2, 0) is 0 Å². The van der Waals surface area contributed by atoms with Crippen molar-refractivity contribution in [1.29, 1.82) is 0 Å². The Morgan fingerprint density at radius 3 is 2.43 bits per heavy atom. The lowest BCUT2D eigenvalue weighted by atomic mass is 10.0. The number of anilines is 1. The highest BCUT2D eigenvalue weighted by Gasteiger charge is 2.18. The van der Waals surface area contributed by atoms with E-state index in [0.717, 1.165) is 12.0 Å². The SMILES string of the molecule is Cc1ccc(C(=O)O)cc1NC(=O)N(C)C(C)CC(C)C. The fourth-order valence-corrected chi connectivity index (χ4v) is 2.13. The van der Waals surface area contributed by atoms with Crippen LogP contribution in [0.5, 0.6) is 0 Å². The lowest BCUT2D eigenvalue weighted by Crippen LogP contribution is -2.39. The number of nitrogens with one attached hydrogen (secondary N) is 1. The Morgan fingerprint density at radius 1 is 1.29 bits per heavy atom. The van der Waals surface area contributed by atoms with Crippen LogP contribution in [0.25, 0.3) is 0 Å². The van der Waals surface area contributed by atoms with Crippen molar-refractivity contribution < 1.29 is 14.7 Å². The van der Waals surface area contributed by atoms with Gasteiger partial charge in [0.25, 0.3) is 0 Å². The second-order valence-electron chi connectivity index (χ2n) is 5.85. The van der Waals surface area contributed by atoms with Crippen molar-refractivity contribution >= 4 is 17.7 Å². The Labute approximate surface area is 126 Å². The molecule has 0 fully saturated rings. The van der Waals surface area contributed by atoms with Crippen molar-refractivity contribution in [3.8, 4) is 0 Å². The molecule has 1 rings (SSSR count). The maximum absolute atomic E-state index is 12.2. The minimum absolute atomic E-state index is 0.118. The van der Waals surface area contributed by atoms with E-state index in [1.54, 1.807) is 18.0 Å². The minimum atomic E-state index is -1.01. The maximum Gasteiger partial charge on any atom is 0.335 e. The van der Waals surface area contributed by atoms with E-state index in [9.17, 15) is 9.59 Å². The summed E-state index contributed by atoms with van der Waals surface area (Å²) in [6, 6.07) is 4.59. The first-order valence-corrected chi connectivity index (χ1v) is 7.10. The van der Waals surface area contributed by atoms with Crippen molar-refractivity contribution in [3.05, 3.63) is 29.3 Å². The fraction of sp³-hybridized carbons (Fsp3) is 0.500. The zero-order chi connectivity index (χ0) is 16.2. The van der Waals surface area contributed by atoms with Gasteiger partial charge in [-0.2, -0.15) is 0 Å². The van der Waals surface area contributed by atoms with Crippen LogP contribution in [0.2, 0.25) is 0 Å². The molecule has 116 valence electrons. The number of carbonyl (C=O) groups is 2. The summed E-state index contributed by atoms with van der Waals surface area (Å²) in [6.07, 6.45) is 0.915. The number of hydrogen-bond acceptors (Lipinski definition) is 2. The molecule has 2 N–H and O–H groups in total. The van der Waals surface area contributed by atoms with Gasteiger partial charge in [0.15, 0.2) is 0 Å². The van der Waals surface area contributed by atoms with Crippen LogP contribution in [0.1, 0.15) is 43.1 Å². The van der Waals surface area contributed by atoms with E-state index in [1.807, 2.05) is 13.8 Å². The van der Waals surface area contributed by atoms with Crippen molar-refractivity contribution in [2.24, 2.45) is 5.92 Å². The highest BCUT2D eigenvalue weighted by atomic mass is 16.4. The van der Waals surface area contributed by atoms with Gasteiger partial charge in [-0.15, -0.1) is 0 Å². The summed E-state index contributed by atoms with van der Waals surface area (Å²) in [6.45, 7) is 8.06. The van der Waals surface area contributed by atoms with Gasteiger partial charge in [0, 0.05) is 18.8 Å². The number of carboxylic acid groups (broad SMARTS) is 1. The number of nitrogens with zero attached hydrogens (tertiary/aromatic N) is 1. The van der Waals surface area contributed by atoms with Crippen LogP contribution in [0, 0.1) is 12.8 Å². The number of aryl methyl sites for hydroxylation is 1. The minimum Gasteiger partial charge on any atom is -0.478 e. The van der Waals surface area contributed by atoms with Gasteiger partial charge >= 0.3 is 12.0 Å². The lowest BCUT2D eigenvalue weighted by molar-refractivity contribution is 0.0697. The van der Waals surface area contributed by atoms with E-state index < -0.39 is 5.97 Å². The van der Waals surface area contributed by atoms with Gasteiger partial charge < -0.3 is 15.3 Å². The van der Waals surface area contributed by atoms with Crippen LogP contribution in [0.15, 0.2) is 18.2 Å². The van der Waals surface area contributed by atoms with Gasteiger partial charge in [-0.3, -0.25) is 0 Å². The quantitative estimate of drug-likeness (QED) is 0.871. The molecule has 1 unspecified atom stereocenters. The Kier molecular flexibility index (Phi) is 5.76. The van der Waals surface area contributed by atoms with Crippen molar-refractivity contribution in [2.75, 3.05) is 12.4 Å². The first-order chi connectivity index (χ1) is 9.72. The second kappa shape index (κ2) is 7.11. The summed E-state index contributed by atoms with van der Waals surface area (Å²) in [5, 5.41) is 11.8. The van der Waals surface area contributed by atoms with Crippen LogP contribution in [0.3, 0.4) is 0 Å². The monoisotopic (exact) mass is 292 g/mol. The molecule has 0 saturated heterocycles. The molecule has 0 bridgehead atoms. The third-order valence-electron chi connectivity index (χ3n) is 3.52. The zero-order valence-electron chi connectivity index (χ0n) is 13.3. The summed E-state index contributed by atoms with van der Waals surface area (Å²) in [5.74, 6) is -0.501. The first kappa shape index (κ1) is 17.0. The molecule has 0 aliphatic carbocycles. The first-order valence-electron chi connectivity index (χ1n) is 7.10. The zero-order valence-corrected chi connectivity index (χ0v) is 13.3. The van der Waals surface area contributed by atoms with Crippen LogP contribution < -0.4 is 5.32 Å². The molecule has 0 spiro atoms. The van der Waals surface area contributed by atoms with Gasteiger partial charge in [0.2, 0.25) is 0 Å². The molecule has 1 aromatic rings. The van der Waals surface area contributed by atoms with Crippen LogP contribution >= 0.6 is 0 Å². The topological polar surface area (TPSA) is 69.6 Å². The van der Waals surface area contributed by atoms with Crippen molar-refractivity contribution in [2.45, 2.75) is 40.2 Å². The molecule has 5 nitrogen and oxygen atoms in total. The molecule has 0 aliphatic rings. The molecule has 5 heteroatoms. The molecule has 0 saturated carbocycles. The molecule has 0 radical (unpaired) electrons. The molecule has 2 amide bonds. The summed E-state index contributed by atoms with van der Waals surface area (Å²) in [5.41, 5.74) is 1.52. The Bertz CT molecular complexity index is 526. The molecule has 0 aliphatic heterocycles. The number of urea groups is 1. The molecule has 0 heterocycles. The van der Waals surface area contributed by atoms with Gasteiger partial charge in [0.1, 0.15) is 0 Å². The predicted molar refractivity (Wildman–Crippen MR) is 83.8 cm³/mol. The number of carboxylic acids is 1. The van der Waals surface area contributed by atoms with Crippen molar-refractivity contribution in [3.63, 3.8) is 0 Å². The fourth-order valence-electron chi connectivity index (χ4n) is 2.13. The Balaban J connectivity index is 2.83. The van der Waals surface area contributed by atoms with E-state index in [0.29, 0.717) is 11.6 Å². The largest absolute Gasteiger partial charge is 0.478 e. The number of carbonyl (C=O) groups excluding carboxylic acids is 1. The number of rotatable bonds is 5. The molecule has 1 aromatic carbocycles. The normalized spacial score (nSPS) is 12.1. The third kappa shape index (κ3) is 4.77. The Hall–Kier alpha value is -2.04. The lowest BCUT2D eigenvalue weighted by Gasteiger charge is -2.27. The number of amides is 2. The van der Waals surface area contributed by atoms with Gasteiger partial charge in [-0.1, -0.05) is 19.9 Å². The van der Waals surface area contributed by atoms with Crippen LogP contribution in [0.4, 0.5) is 10.5 Å². The van der Waals surface area contributed by atoms with E-state index in [1.165, 1.54) is 12.1 Å². The molecular weight excluding hydrogens is 268 g/mol. The summed E-state index contributed by atoms with van der Waals surface area (Å²) in [4.78, 5) is 24.9. The highest BCUT2D eigenvalue weighted by Crippen LogP contribution is 2.18. The smallest absolute Gasteiger partial charge is 0.335 e. The molecular formula is C16H24N2O3. The average Bonchev–Trinajstić information content (AvgIpc) is 2.39. The predicted octanol–water partition coefficient (Wildman–Crippen LogP) is 3.59. The molecule has 0 aromatic heterocycles. The molecule has 1 atom stereocenters. The van der Waals surface area contributed by atoms with Crippen LogP contribution in [-0.4, -0.2) is 35.1 Å². The van der Waals surface area contributed by atoms with E-state index in [2.05, 4.69) is 19.2 Å². The van der Waals surface area contributed by atoms with Gasteiger partial charge in [0.05, 0.1) is 5.56 Å². The summed E-state index contributed by atoms with van der Waals surface area (Å²) >= 11 is 0. The third-order valence-corrected chi connectivity index (χ3v) is 3.52. The number of benzene rings is 1. The average molecular weight is 292 g/mol. The second-order valence-corrected chi connectivity index (χ2v) is 5.85. The Morgan fingerprint density at radius 2 is 1.90 bits per heavy atom. The van der Waals surface area contributed by atoms with Gasteiger partial charge in [-0.05, 0) is 43.9 Å². The number of aromatic carboxylic acids is 1. The van der Waals surface area contributed by atoms with Crippen molar-refractivity contribution in [1.82, 2.24) is 4.90 Å². The highest BCUT2D eigenvalue weighted by molar-refractivity contribution is 5.94. The van der Waals surface area contributed by atoms with Gasteiger partial charge in [-0.25, -0.2) is 9.59 Å².